The second-order valence-corrected chi connectivity index (χ2v) is 6.28. The monoisotopic (exact) mass is 291 g/mol. The van der Waals surface area contributed by atoms with Crippen LogP contribution in [0.1, 0.15) is 13.8 Å². The lowest BCUT2D eigenvalue weighted by Crippen LogP contribution is -2.21. The Balaban J connectivity index is 2.36. The molecule has 0 aromatic heterocycles. The number of benzene rings is 2. The summed E-state index contributed by atoms with van der Waals surface area (Å²) in [6.07, 6.45) is 0. The smallest absolute Gasteiger partial charge is 0.281 e. The fraction of sp³-hybridized carbons (Fsp3) is 0.250. The van der Waals surface area contributed by atoms with Crippen LogP contribution in [0.15, 0.2) is 60.7 Å². The summed E-state index contributed by atoms with van der Waals surface area (Å²) in [7, 11) is -2.57. The van der Waals surface area contributed by atoms with Crippen LogP contribution in [0.5, 0.6) is 5.75 Å². The van der Waals surface area contributed by atoms with Crippen molar-refractivity contribution in [3.63, 3.8) is 0 Å². The van der Waals surface area contributed by atoms with E-state index in [1.165, 1.54) is 0 Å². The van der Waals surface area contributed by atoms with Gasteiger partial charge in [-0.15, -0.1) is 0 Å². The zero-order valence-corrected chi connectivity index (χ0v) is 12.8. The SMILES string of the molecule is CCO[P+](OCC)(Oc1ccccc1)c1ccccc1. The molecule has 0 amide bonds. The van der Waals surface area contributed by atoms with Gasteiger partial charge in [0.2, 0.25) is 0 Å². The molecule has 0 spiro atoms. The molecule has 2 aromatic rings. The minimum Gasteiger partial charge on any atom is -0.281 e. The Hall–Kier alpha value is -1.41. The molecule has 0 aliphatic rings. The summed E-state index contributed by atoms with van der Waals surface area (Å²) in [6, 6.07) is 19.5. The summed E-state index contributed by atoms with van der Waals surface area (Å²) in [5.41, 5.74) is 0. The molecule has 2 aromatic carbocycles. The molecular formula is C16H20O3P+. The second-order valence-electron chi connectivity index (χ2n) is 4.07. The minimum absolute atomic E-state index is 0.537. The fourth-order valence-corrected chi connectivity index (χ4v) is 4.06. The molecule has 0 saturated carbocycles. The summed E-state index contributed by atoms with van der Waals surface area (Å²) >= 11 is 0. The highest BCUT2D eigenvalue weighted by Crippen LogP contribution is 2.60. The first kappa shape index (κ1) is 15.0. The van der Waals surface area contributed by atoms with E-state index in [1.807, 2.05) is 74.5 Å². The number of para-hydroxylation sites is 1. The van der Waals surface area contributed by atoms with E-state index in [1.54, 1.807) is 0 Å². The maximum atomic E-state index is 6.14. The van der Waals surface area contributed by atoms with Crippen LogP contribution in [0, 0.1) is 0 Å². The van der Waals surface area contributed by atoms with Crippen molar-refractivity contribution in [1.29, 1.82) is 0 Å². The summed E-state index contributed by atoms with van der Waals surface area (Å²) in [5, 5.41) is 0.951. The highest BCUT2D eigenvalue weighted by atomic mass is 31.2. The van der Waals surface area contributed by atoms with Crippen molar-refractivity contribution in [1.82, 2.24) is 0 Å². The van der Waals surface area contributed by atoms with Crippen molar-refractivity contribution >= 4 is 13.2 Å². The van der Waals surface area contributed by atoms with Gasteiger partial charge in [-0.1, -0.05) is 36.4 Å². The predicted octanol–water partition coefficient (Wildman–Crippen LogP) is 4.23. The maximum Gasteiger partial charge on any atom is 0.492 e. The van der Waals surface area contributed by atoms with Crippen LogP contribution in [0.3, 0.4) is 0 Å². The molecule has 3 nitrogen and oxygen atoms in total. The van der Waals surface area contributed by atoms with Crippen molar-refractivity contribution < 1.29 is 13.6 Å². The van der Waals surface area contributed by atoms with Gasteiger partial charge >= 0.3 is 7.94 Å². The van der Waals surface area contributed by atoms with Gasteiger partial charge in [-0.3, -0.25) is 4.52 Å². The van der Waals surface area contributed by atoms with Crippen LogP contribution < -0.4 is 9.83 Å². The number of hydrogen-bond acceptors (Lipinski definition) is 3. The van der Waals surface area contributed by atoms with Crippen molar-refractivity contribution in [2.24, 2.45) is 0 Å². The standard InChI is InChI=1S/C16H20O3P/c1-3-17-20(18-4-2,16-13-9-6-10-14-16)19-15-11-7-5-8-12-15/h5-14H,3-4H2,1-2H3/q+1. The lowest BCUT2D eigenvalue weighted by molar-refractivity contribution is 0.206. The van der Waals surface area contributed by atoms with E-state index in [0.717, 1.165) is 11.1 Å². The Morgan fingerprint density at radius 3 is 1.75 bits per heavy atom. The molecule has 4 heteroatoms. The van der Waals surface area contributed by atoms with Crippen LogP contribution in [-0.4, -0.2) is 13.2 Å². The van der Waals surface area contributed by atoms with Crippen LogP contribution in [0.25, 0.3) is 0 Å². The van der Waals surface area contributed by atoms with E-state index < -0.39 is 7.94 Å². The molecular weight excluding hydrogens is 271 g/mol. The lowest BCUT2D eigenvalue weighted by Gasteiger charge is -2.21. The van der Waals surface area contributed by atoms with E-state index in [2.05, 4.69) is 0 Å². The highest BCUT2D eigenvalue weighted by molar-refractivity contribution is 7.69. The van der Waals surface area contributed by atoms with Gasteiger partial charge < -0.3 is 0 Å². The molecule has 106 valence electrons. The minimum atomic E-state index is -2.57. The van der Waals surface area contributed by atoms with Gasteiger partial charge in [0.1, 0.15) is 0 Å². The Bertz CT molecular complexity index is 496. The summed E-state index contributed by atoms with van der Waals surface area (Å²) in [4.78, 5) is 0. The number of rotatable bonds is 7. The molecule has 0 unspecified atom stereocenters. The van der Waals surface area contributed by atoms with Crippen LogP contribution >= 0.6 is 7.94 Å². The van der Waals surface area contributed by atoms with E-state index in [-0.39, 0.29) is 0 Å². The third-order valence-electron chi connectivity index (χ3n) is 2.64. The molecule has 0 N–H and O–H groups in total. The maximum absolute atomic E-state index is 6.14. The van der Waals surface area contributed by atoms with Crippen LogP contribution in [0.4, 0.5) is 0 Å². The summed E-state index contributed by atoms with van der Waals surface area (Å²) in [6.45, 7) is 4.97. The zero-order chi connectivity index (χ0) is 14.3. The van der Waals surface area contributed by atoms with Gasteiger partial charge in [0.15, 0.2) is 11.1 Å². The van der Waals surface area contributed by atoms with Crippen molar-refractivity contribution in [2.75, 3.05) is 13.2 Å². The van der Waals surface area contributed by atoms with Crippen LogP contribution in [-0.2, 0) is 9.05 Å². The average Bonchev–Trinajstić information content (AvgIpc) is 2.49. The molecule has 0 aliphatic heterocycles. The van der Waals surface area contributed by atoms with Gasteiger partial charge in [0.25, 0.3) is 0 Å². The first-order chi connectivity index (χ1) is 9.80. The third kappa shape index (κ3) is 3.57. The normalized spacial score (nSPS) is 11.3. The van der Waals surface area contributed by atoms with Crippen molar-refractivity contribution in [3.05, 3.63) is 60.7 Å². The van der Waals surface area contributed by atoms with Gasteiger partial charge in [-0.2, -0.15) is 9.05 Å². The third-order valence-corrected chi connectivity index (χ3v) is 5.22. The first-order valence-electron chi connectivity index (χ1n) is 6.79. The Morgan fingerprint density at radius 1 is 0.750 bits per heavy atom. The quantitative estimate of drug-likeness (QED) is 0.715. The van der Waals surface area contributed by atoms with Crippen molar-refractivity contribution in [2.45, 2.75) is 13.8 Å². The van der Waals surface area contributed by atoms with Gasteiger partial charge in [-0.05, 0) is 38.1 Å². The largest absolute Gasteiger partial charge is 0.492 e. The van der Waals surface area contributed by atoms with E-state index in [0.29, 0.717) is 13.2 Å². The molecule has 20 heavy (non-hydrogen) atoms. The Morgan fingerprint density at radius 2 is 1.25 bits per heavy atom. The summed E-state index contributed by atoms with van der Waals surface area (Å²) < 4.78 is 18.0. The number of hydrogen-bond donors (Lipinski definition) is 0. The molecule has 0 aliphatic carbocycles. The summed E-state index contributed by atoms with van der Waals surface area (Å²) in [5.74, 6) is 0.756. The van der Waals surface area contributed by atoms with E-state index >= 15 is 0 Å². The molecule has 0 fully saturated rings. The second kappa shape index (κ2) is 7.39. The highest BCUT2D eigenvalue weighted by Gasteiger charge is 2.49. The average molecular weight is 291 g/mol. The van der Waals surface area contributed by atoms with Gasteiger partial charge in [-0.25, -0.2) is 0 Å². The van der Waals surface area contributed by atoms with E-state index in [4.69, 9.17) is 13.6 Å². The lowest BCUT2D eigenvalue weighted by atomic mass is 10.3. The molecule has 0 heterocycles. The molecule has 0 radical (unpaired) electrons. The molecule has 0 atom stereocenters. The molecule has 2 rings (SSSR count). The van der Waals surface area contributed by atoms with Crippen molar-refractivity contribution in [3.8, 4) is 5.75 Å². The fourth-order valence-electron chi connectivity index (χ4n) is 1.86. The molecule has 0 saturated heterocycles. The predicted molar refractivity (Wildman–Crippen MR) is 83.3 cm³/mol. The van der Waals surface area contributed by atoms with Gasteiger partial charge in [0.05, 0.1) is 13.2 Å². The Kier molecular flexibility index (Phi) is 5.54. The molecule has 0 bridgehead atoms. The first-order valence-corrected chi connectivity index (χ1v) is 8.33. The van der Waals surface area contributed by atoms with Gasteiger partial charge in [0, 0.05) is 0 Å². The Labute approximate surface area is 121 Å². The zero-order valence-electron chi connectivity index (χ0n) is 11.9. The van der Waals surface area contributed by atoms with Crippen LogP contribution in [0.2, 0.25) is 0 Å². The van der Waals surface area contributed by atoms with E-state index in [9.17, 15) is 0 Å². The topological polar surface area (TPSA) is 27.7 Å².